The lowest BCUT2D eigenvalue weighted by Crippen LogP contribution is -2.27. The van der Waals surface area contributed by atoms with Gasteiger partial charge in [0, 0.05) is 38.2 Å². The van der Waals surface area contributed by atoms with Crippen LogP contribution in [0.3, 0.4) is 0 Å². The lowest BCUT2D eigenvalue weighted by atomic mass is 10.00. The average molecular weight is 718 g/mol. The Bertz CT molecular complexity index is 1810. The molecular formula is C45H51NO7. The second-order valence-corrected chi connectivity index (χ2v) is 13.1. The third-order valence-corrected chi connectivity index (χ3v) is 8.80. The van der Waals surface area contributed by atoms with Crippen LogP contribution in [0.2, 0.25) is 0 Å². The van der Waals surface area contributed by atoms with E-state index in [-0.39, 0.29) is 5.76 Å². The number of methoxy groups -OCH3 is 1. The van der Waals surface area contributed by atoms with E-state index < -0.39 is 12.2 Å². The Kier molecular flexibility index (Phi) is 15.5. The van der Waals surface area contributed by atoms with E-state index in [0.717, 1.165) is 31.4 Å². The van der Waals surface area contributed by atoms with Gasteiger partial charge in [-0.15, -0.1) is 0 Å². The van der Waals surface area contributed by atoms with Crippen LogP contribution in [-0.2, 0) is 27.4 Å². The van der Waals surface area contributed by atoms with Crippen LogP contribution in [0.1, 0.15) is 86.1 Å². The van der Waals surface area contributed by atoms with Gasteiger partial charge in [0.1, 0.15) is 18.5 Å². The number of hydrogen-bond donors (Lipinski definition) is 0. The highest BCUT2D eigenvalue weighted by Gasteiger charge is 2.36. The predicted octanol–water partition coefficient (Wildman–Crippen LogP) is 10.5. The Morgan fingerprint density at radius 3 is 2.08 bits per heavy atom. The van der Waals surface area contributed by atoms with Crippen LogP contribution in [0.15, 0.2) is 109 Å². The highest BCUT2D eigenvalue weighted by atomic mass is 16.6. The number of benzene rings is 4. The zero-order chi connectivity index (χ0) is 37.1. The molecule has 0 aliphatic carbocycles. The van der Waals surface area contributed by atoms with E-state index in [4.69, 9.17) is 28.4 Å². The lowest BCUT2D eigenvalue weighted by Gasteiger charge is -2.29. The topological polar surface area (TPSA) is 75.7 Å². The van der Waals surface area contributed by atoms with Gasteiger partial charge in [-0.3, -0.25) is 0 Å². The minimum absolute atomic E-state index is 0.208. The summed E-state index contributed by atoms with van der Waals surface area (Å²) < 4.78 is 36.1. The molecule has 278 valence electrons. The van der Waals surface area contributed by atoms with Gasteiger partial charge in [-0.1, -0.05) is 123 Å². The molecular weight excluding hydrogens is 666 g/mol. The van der Waals surface area contributed by atoms with Gasteiger partial charge in [0.25, 0.3) is 0 Å². The van der Waals surface area contributed by atoms with Crippen LogP contribution in [-0.4, -0.2) is 38.8 Å². The second kappa shape index (κ2) is 21.2. The molecule has 1 heterocycles. The third-order valence-electron chi connectivity index (χ3n) is 8.80. The Balaban J connectivity index is 1.16. The number of ether oxygens (including phenoxy) is 6. The molecule has 0 fully saturated rings. The summed E-state index contributed by atoms with van der Waals surface area (Å²) in [5, 5.41) is 0. The number of rotatable bonds is 19. The summed E-state index contributed by atoms with van der Waals surface area (Å²) in [4.78, 5) is 14.3. The van der Waals surface area contributed by atoms with E-state index in [1.54, 1.807) is 27.3 Å². The normalized spacial score (nSPS) is 13.2. The molecule has 1 aliphatic rings. The van der Waals surface area contributed by atoms with Crippen LogP contribution < -0.4 is 14.2 Å². The Morgan fingerprint density at radius 1 is 0.736 bits per heavy atom. The van der Waals surface area contributed by atoms with Gasteiger partial charge in [-0.05, 0) is 48.2 Å². The summed E-state index contributed by atoms with van der Waals surface area (Å²) in [6.45, 7) is 1.89. The first-order chi connectivity index (χ1) is 26.0. The van der Waals surface area contributed by atoms with Crippen LogP contribution in [0, 0.1) is 12.0 Å². The van der Waals surface area contributed by atoms with Crippen molar-refractivity contribution in [2.45, 2.75) is 77.1 Å². The van der Waals surface area contributed by atoms with Gasteiger partial charge >= 0.3 is 6.09 Å². The fraction of sp³-hybridized carbons (Fsp3) is 0.356. The fourth-order valence-electron chi connectivity index (χ4n) is 5.87. The van der Waals surface area contributed by atoms with Gasteiger partial charge in [0.05, 0.1) is 13.7 Å². The molecule has 1 atom stereocenters. The van der Waals surface area contributed by atoms with Crippen molar-refractivity contribution in [3.05, 3.63) is 131 Å². The molecule has 8 nitrogen and oxygen atoms in total. The first-order valence-corrected chi connectivity index (χ1v) is 18.5. The van der Waals surface area contributed by atoms with E-state index in [0.29, 0.717) is 53.8 Å². The van der Waals surface area contributed by atoms with E-state index in [1.165, 1.54) is 42.6 Å². The van der Waals surface area contributed by atoms with E-state index in [2.05, 4.69) is 24.2 Å². The van der Waals surface area contributed by atoms with E-state index >= 15 is 0 Å². The summed E-state index contributed by atoms with van der Waals surface area (Å²) in [6, 6.07) is 33.2. The van der Waals surface area contributed by atoms with Crippen molar-refractivity contribution < 1.29 is 33.2 Å². The smallest absolute Gasteiger partial charge is 0.414 e. The Hall–Kier alpha value is -5.39. The quantitative estimate of drug-likeness (QED) is 0.0706. The van der Waals surface area contributed by atoms with Crippen LogP contribution >= 0.6 is 0 Å². The van der Waals surface area contributed by atoms with Crippen molar-refractivity contribution in [1.82, 2.24) is 4.90 Å². The number of amides is 1. The van der Waals surface area contributed by atoms with Crippen LogP contribution in [0.4, 0.5) is 4.79 Å². The number of para-hydroxylation sites is 1. The minimum atomic E-state index is -0.796. The van der Waals surface area contributed by atoms with Crippen molar-refractivity contribution >= 4 is 11.9 Å². The zero-order valence-electron chi connectivity index (χ0n) is 31.2. The molecule has 1 amide bonds. The molecule has 0 saturated carbocycles. The number of carbonyl (C=O) groups excluding carboxylic acids is 1. The Morgan fingerprint density at radius 2 is 1.38 bits per heavy atom. The van der Waals surface area contributed by atoms with Gasteiger partial charge in [0.15, 0.2) is 23.0 Å². The van der Waals surface area contributed by atoms with E-state index in [9.17, 15) is 4.79 Å². The zero-order valence-corrected chi connectivity index (χ0v) is 31.2. The SMILES string of the molecule is COc1cc(C2=C(OC(=O)N(C)C)C(OC#CCCCCCCCCCCOCc3ccccc3)c3ccccc3O2)ccc1OCc1ccccc1. The summed E-state index contributed by atoms with van der Waals surface area (Å²) in [5.74, 6) is 5.38. The van der Waals surface area contributed by atoms with Gasteiger partial charge in [-0.2, -0.15) is 0 Å². The van der Waals surface area contributed by atoms with Crippen molar-refractivity contribution in [3.8, 4) is 29.3 Å². The number of hydrogen-bond acceptors (Lipinski definition) is 7. The maximum atomic E-state index is 13.0. The number of fused-ring (bicyclic) bond motifs is 1. The molecule has 0 bridgehead atoms. The minimum Gasteiger partial charge on any atom is -0.493 e. The molecule has 0 N–H and O–H groups in total. The lowest BCUT2D eigenvalue weighted by molar-refractivity contribution is 0.0932. The van der Waals surface area contributed by atoms with E-state index in [1.807, 2.05) is 84.9 Å². The molecule has 5 rings (SSSR count). The molecule has 0 saturated heterocycles. The molecule has 0 spiro atoms. The molecule has 1 aliphatic heterocycles. The number of unbranched alkanes of at least 4 members (excludes halogenated alkanes) is 8. The van der Waals surface area contributed by atoms with Gasteiger partial charge in [-0.25, -0.2) is 4.79 Å². The molecule has 53 heavy (non-hydrogen) atoms. The first kappa shape index (κ1) is 38.8. The molecule has 0 aromatic heterocycles. The molecule has 0 radical (unpaired) electrons. The molecule has 1 unspecified atom stereocenters. The largest absolute Gasteiger partial charge is 0.493 e. The Labute approximate surface area is 314 Å². The number of carbonyl (C=O) groups is 1. The summed E-state index contributed by atoms with van der Waals surface area (Å²) in [5.41, 5.74) is 3.60. The highest BCUT2D eigenvalue weighted by molar-refractivity contribution is 5.75. The summed E-state index contributed by atoms with van der Waals surface area (Å²) in [7, 11) is 4.84. The van der Waals surface area contributed by atoms with Crippen molar-refractivity contribution in [2.24, 2.45) is 0 Å². The van der Waals surface area contributed by atoms with Crippen molar-refractivity contribution in [2.75, 3.05) is 27.8 Å². The predicted molar refractivity (Wildman–Crippen MR) is 207 cm³/mol. The van der Waals surface area contributed by atoms with Crippen LogP contribution in [0.25, 0.3) is 5.76 Å². The summed E-state index contributed by atoms with van der Waals surface area (Å²) >= 11 is 0. The summed E-state index contributed by atoms with van der Waals surface area (Å²) in [6.07, 6.45) is 11.6. The van der Waals surface area contributed by atoms with Crippen molar-refractivity contribution in [3.63, 3.8) is 0 Å². The van der Waals surface area contributed by atoms with Crippen LogP contribution in [0.5, 0.6) is 17.2 Å². The second-order valence-electron chi connectivity index (χ2n) is 13.1. The molecule has 8 heteroatoms. The average Bonchev–Trinajstić information content (AvgIpc) is 3.19. The monoisotopic (exact) mass is 717 g/mol. The maximum Gasteiger partial charge on any atom is 0.414 e. The molecule has 4 aromatic rings. The van der Waals surface area contributed by atoms with Gasteiger partial charge < -0.3 is 33.3 Å². The third kappa shape index (κ3) is 12.1. The number of nitrogens with zero attached hydrogens (tertiary/aromatic N) is 1. The standard InChI is InChI=1S/C45H51NO7/c1-46(2)45(47)53-44-42(37-28-29-40(41(32-37)48-3)51-34-36-24-16-13-17-25-36)52-39-27-19-18-26-38(39)43(44)50-31-21-11-9-7-5-4-6-8-10-20-30-49-33-35-22-14-12-15-23-35/h12-19,22-29,32,43H,4-11,20,30,33-34H2,1-3H3. The highest BCUT2D eigenvalue weighted by Crippen LogP contribution is 2.44. The molecule has 4 aromatic carbocycles. The van der Waals surface area contributed by atoms with Crippen molar-refractivity contribution in [1.29, 1.82) is 0 Å². The fourth-order valence-corrected chi connectivity index (χ4v) is 5.87. The maximum absolute atomic E-state index is 13.0. The first-order valence-electron chi connectivity index (χ1n) is 18.5. The van der Waals surface area contributed by atoms with Gasteiger partial charge in [0.2, 0.25) is 6.10 Å².